The Balaban J connectivity index is 1.90. The number of nitrogens with zero attached hydrogens (tertiary/aromatic N) is 3. The molecule has 3 aromatic rings. The fourth-order valence-corrected chi connectivity index (χ4v) is 3.31. The number of rotatable bonds is 1. The molecule has 1 aliphatic carbocycles. The fourth-order valence-electron chi connectivity index (χ4n) is 2.86. The maximum absolute atomic E-state index is 6.52. The number of aryl methyl sites for hydroxylation is 1. The van der Waals surface area contributed by atoms with Crippen LogP contribution < -0.4 is 0 Å². The van der Waals surface area contributed by atoms with Crippen molar-refractivity contribution < 1.29 is 0 Å². The quantitative estimate of drug-likeness (QED) is 0.615. The van der Waals surface area contributed by atoms with Gasteiger partial charge in [-0.1, -0.05) is 35.3 Å². The number of halogens is 2. The minimum atomic E-state index is 0.704. The standard InChI is InChI=1S/C16H13Cl2N3/c17-11-7-5-10(6-8-11)14-9-15-19-13-4-2-1-3-12(13)16(18)21(15)20-14/h5-9H,1-4H2. The lowest BCUT2D eigenvalue weighted by Gasteiger charge is -2.16. The highest BCUT2D eigenvalue weighted by Crippen LogP contribution is 2.29. The highest BCUT2D eigenvalue weighted by atomic mass is 35.5. The molecule has 0 radical (unpaired) electrons. The predicted octanol–water partition coefficient (Wildman–Crippen LogP) is 4.58. The van der Waals surface area contributed by atoms with Crippen LogP contribution in [0.5, 0.6) is 0 Å². The average Bonchev–Trinajstić information content (AvgIpc) is 2.92. The van der Waals surface area contributed by atoms with Crippen LogP contribution in [-0.4, -0.2) is 14.6 Å². The van der Waals surface area contributed by atoms with Crippen LogP contribution in [0.25, 0.3) is 16.9 Å². The van der Waals surface area contributed by atoms with E-state index in [1.54, 1.807) is 4.52 Å². The van der Waals surface area contributed by atoms with E-state index in [1.807, 2.05) is 30.3 Å². The zero-order valence-electron chi connectivity index (χ0n) is 11.3. The van der Waals surface area contributed by atoms with Crippen molar-refractivity contribution in [2.45, 2.75) is 25.7 Å². The predicted molar refractivity (Wildman–Crippen MR) is 85.1 cm³/mol. The first-order valence-electron chi connectivity index (χ1n) is 7.05. The molecule has 0 atom stereocenters. The number of benzene rings is 1. The molecule has 3 nitrogen and oxygen atoms in total. The summed E-state index contributed by atoms with van der Waals surface area (Å²) < 4.78 is 1.75. The normalized spacial score (nSPS) is 14.4. The van der Waals surface area contributed by atoms with E-state index in [9.17, 15) is 0 Å². The van der Waals surface area contributed by atoms with Crippen molar-refractivity contribution in [3.8, 4) is 11.3 Å². The third-order valence-electron chi connectivity index (χ3n) is 3.95. The molecule has 0 spiro atoms. The second-order valence-corrected chi connectivity index (χ2v) is 6.14. The van der Waals surface area contributed by atoms with Gasteiger partial charge in [-0.2, -0.15) is 5.10 Å². The molecule has 0 bridgehead atoms. The summed E-state index contributed by atoms with van der Waals surface area (Å²) in [5.41, 5.74) is 4.97. The van der Waals surface area contributed by atoms with Gasteiger partial charge in [0.1, 0.15) is 5.15 Å². The van der Waals surface area contributed by atoms with E-state index in [1.165, 1.54) is 12.8 Å². The van der Waals surface area contributed by atoms with Crippen molar-refractivity contribution in [2.75, 3.05) is 0 Å². The lowest BCUT2D eigenvalue weighted by Crippen LogP contribution is -2.09. The fraction of sp³-hybridized carbons (Fsp3) is 0.250. The average molecular weight is 318 g/mol. The Bertz CT molecular complexity index is 822. The molecule has 2 aromatic heterocycles. The van der Waals surface area contributed by atoms with Gasteiger partial charge in [-0.25, -0.2) is 9.50 Å². The minimum absolute atomic E-state index is 0.704. The van der Waals surface area contributed by atoms with Crippen molar-refractivity contribution in [3.63, 3.8) is 0 Å². The summed E-state index contributed by atoms with van der Waals surface area (Å²) >= 11 is 12.5. The van der Waals surface area contributed by atoms with Gasteiger partial charge >= 0.3 is 0 Å². The molecule has 5 heteroatoms. The third-order valence-corrected chi connectivity index (χ3v) is 4.59. The number of aromatic nitrogens is 3. The van der Waals surface area contributed by atoms with Crippen LogP contribution in [0, 0.1) is 0 Å². The number of hydrogen-bond donors (Lipinski definition) is 0. The molecule has 1 aliphatic rings. The van der Waals surface area contributed by atoms with Crippen molar-refractivity contribution >= 4 is 28.8 Å². The molecule has 21 heavy (non-hydrogen) atoms. The molecule has 0 unspecified atom stereocenters. The van der Waals surface area contributed by atoms with E-state index < -0.39 is 0 Å². The zero-order chi connectivity index (χ0) is 14.4. The van der Waals surface area contributed by atoms with Crippen LogP contribution in [0.15, 0.2) is 30.3 Å². The highest BCUT2D eigenvalue weighted by Gasteiger charge is 2.18. The van der Waals surface area contributed by atoms with Gasteiger partial charge < -0.3 is 0 Å². The van der Waals surface area contributed by atoms with Gasteiger partial charge in [-0.3, -0.25) is 0 Å². The highest BCUT2D eigenvalue weighted by molar-refractivity contribution is 6.31. The summed E-state index contributed by atoms with van der Waals surface area (Å²) in [5.74, 6) is 0. The summed E-state index contributed by atoms with van der Waals surface area (Å²) in [6.07, 6.45) is 4.36. The topological polar surface area (TPSA) is 30.2 Å². The molecular weight excluding hydrogens is 305 g/mol. The van der Waals surface area contributed by atoms with Gasteiger partial charge in [-0.15, -0.1) is 0 Å². The number of hydrogen-bond acceptors (Lipinski definition) is 2. The Kier molecular flexibility index (Phi) is 3.12. The Morgan fingerprint density at radius 2 is 1.76 bits per heavy atom. The Morgan fingerprint density at radius 3 is 2.57 bits per heavy atom. The van der Waals surface area contributed by atoms with E-state index in [-0.39, 0.29) is 0 Å². The van der Waals surface area contributed by atoms with E-state index in [0.29, 0.717) is 10.2 Å². The molecular formula is C16H13Cl2N3. The smallest absolute Gasteiger partial charge is 0.157 e. The van der Waals surface area contributed by atoms with Crippen LogP contribution >= 0.6 is 23.2 Å². The molecule has 4 rings (SSSR count). The third kappa shape index (κ3) is 2.21. The maximum Gasteiger partial charge on any atom is 0.157 e. The molecule has 0 saturated carbocycles. The van der Waals surface area contributed by atoms with Gasteiger partial charge in [0.25, 0.3) is 0 Å². The Hall–Kier alpha value is -1.58. The van der Waals surface area contributed by atoms with Crippen LogP contribution in [0.2, 0.25) is 10.2 Å². The molecule has 0 aliphatic heterocycles. The summed E-state index contributed by atoms with van der Waals surface area (Å²) in [6, 6.07) is 9.61. The molecule has 0 fully saturated rings. The van der Waals surface area contributed by atoms with Crippen LogP contribution in [0.4, 0.5) is 0 Å². The van der Waals surface area contributed by atoms with Gasteiger partial charge in [0, 0.05) is 27.9 Å². The zero-order valence-corrected chi connectivity index (χ0v) is 12.8. The molecule has 0 N–H and O–H groups in total. The summed E-state index contributed by atoms with van der Waals surface area (Å²) in [5, 5.41) is 6.02. The lowest BCUT2D eigenvalue weighted by molar-refractivity contribution is 0.660. The second kappa shape index (κ2) is 5.00. The Labute approximate surface area is 132 Å². The van der Waals surface area contributed by atoms with Crippen molar-refractivity contribution in [3.05, 3.63) is 51.8 Å². The Morgan fingerprint density at radius 1 is 1.00 bits per heavy atom. The minimum Gasteiger partial charge on any atom is -0.233 e. The van der Waals surface area contributed by atoms with Gasteiger partial charge in [0.2, 0.25) is 0 Å². The van der Waals surface area contributed by atoms with Crippen molar-refractivity contribution in [1.82, 2.24) is 14.6 Å². The molecule has 0 saturated heterocycles. The van der Waals surface area contributed by atoms with Crippen molar-refractivity contribution in [2.24, 2.45) is 0 Å². The molecule has 106 valence electrons. The van der Waals surface area contributed by atoms with E-state index in [2.05, 4.69) is 5.10 Å². The van der Waals surface area contributed by atoms with E-state index in [4.69, 9.17) is 28.2 Å². The SMILES string of the molecule is Clc1ccc(-c2cc3nc4c(c(Cl)n3n2)CCCC4)cc1. The van der Waals surface area contributed by atoms with Crippen molar-refractivity contribution in [1.29, 1.82) is 0 Å². The second-order valence-electron chi connectivity index (χ2n) is 5.34. The van der Waals surface area contributed by atoms with Gasteiger partial charge in [0.05, 0.1) is 5.69 Å². The van der Waals surface area contributed by atoms with Crippen LogP contribution in [-0.2, 0) is 12.8 Å². The summed E-state index contributed by atoms with van der Waals surface area (Å²) in [7, 11) is 0. The first-order valence-corrected chi connectivity index (χ1v) is 7.81. The first-order chi connectivity index (χ1) is 10.2. The summed E-state index contributed by atoms with van der Waals surface area (Å²) in [4.78, 5) is 4.73. The van der Waals surface area contributed by atoms with E-state index >= 15 is 0 Å². The maximum atomic E-state index is 6.52. The molecule has 0 amide bonds. The van der Waals surface area contributed by atoms with E-state index in [0.717, 1.165) is 41.0 Å². The number of fused-ring (bicyclic) bond motifs is 2. The van der Waals surface area contributed by atoms with Crippen LogP contribution in [0.1, 0.15) is 24.1 Å². The monoisotopic (exact) mass is 317 g/mol. The van der Waals surface area contributed by atoms with Crippen LogP contribution in [0.3, 0.4) is 0 Å². The largest absolute Gasteiger partial charge is 0.233 e. The van der Waals surface area contributed by atoms with Gasteiger partial charge in [0.15, 0.2) is 5.65 Å². The van der Waals surface area contributed by atoms with Gasteiger partial charge in [-0.05, 0) is 37.8 Å². The first kappa shape index (κ1) is 13.1. The summed E-state index contributed by atoms with van der Waals surface area (Å²) in [6.45, 7) is 0. The molecule has 2 heterocycles. The molecule has 1 aromatic carbocycles. The lowest BCUT2D eigenvalue weighted by atomic mass is 9.97.